The first kappa shape index (κ1) is 93.4. The summed E-state index contributed by atoms with van der Waals surface area (Å²) in [7, 11) is 0. The summed E-state index contributed by atoms with van der Waals surface area (Å²) in [5.74, 6) is 0. The van der Waals surface area contributed by atoms with E-state index in [1.165, 1.54) is 71.6 Å². The van der Waals surface area contributed by atoms with E-state index in [-0.39, 0.29) is 48.7 Å². The molecule has 4 heterocycles. The third-order valence-corrected chi connectivity index (χ3v) is 26.7. The summed E-state index contributed by atoms with van der Waals surface area (Å²) < 4.78 is 49.0. The molecule has 4 nitrogen and oxygen atoms in total. The van der Waals surface area contributed by atoms with Crippen molar-refractivity contribution < 1.29 is 5.48 Å². The molecule has 0 atom stereocenters. The van der Waals surface area contributed by atoms with Gasteiger partial charge < -0.3 is 18.9 Å². The van der Waals surface area contributed by atoms with Crippen LogP contribution in [-0.2, 0) is 70.5 Å². The fraction of sp³-hybridized carbons (Fsp3) is 0.414. The number of anilines is 6. The Morgan fingerprint density at radius 2 is 0.457 bits per heavy atom. The Morgan fingerprint density at radius 3 is 0.710 bits per heavy atom. The van der Waals surface area contributed by atoms with Gasteiger partial charge in [-0.1, -0.05) is 362 Å². The topological polar surface area (TPSA) is 16.3 Å². The minimum Gasteiger partial charge on any atom is -0.311 e. The fourth-order valence-corrected chi connectivity index (χ4v) is 22.6. The highest BCUT2D eigenvalue weighted by Crippen LogP contribution is 2.55. The zero-order chi connectivity index (χ0) is 103. The van der Waals surface area contributed by atoms with E-state index in [1.807, 2.05) is 0 Å². The van der Waals surface area contributed by atoms with Crippen LogP contribution < -0.4 is 26.2 Å². The van der Waals surface area contributed by atoms with Crippen molar-refractivity contribution in [3.63, 3.8) is 0 Å². The van der Waals surface area contributed by atoms with Gasteiger partial charge >= 0.3 is 0 Å². The molecule has 0 fully saturated rings. The quantitative estimate of drug-likeness (QED) is 0.0750. The van der Waals surface area contributed by atoms with Crippen LogP contribution in [0.15, 0.2) is 243 Å². The summed E-state index contributed by atoms with van der Waals surface area (Å²) in [4.78, 5) is 5.37. The molecule has 138 heavy (non-hydrogen) atoms. The molecule has 0 aliphatic carbocycles. The van der Waals surface area contributed by atoms with Gasteiger partial charge in [-0.3, -0.25) is 0 Å². The highest BCUT2D eigenvalue weighted by atomic mass is 15.2. The Kier molecular flexibility index (Phi) is 24.2. The molecule has 2 aliphatic rings. The van der Waals surface area contributed by atoms with Crippen molar-refractivity contribution in [2.75, 3.05) is 9.80 Å². The molecule has 0 bridgehead atoms. The van der Waals surface area contributed by atoms with E-state index in [1.54, 1.807) is 0 Å². The van der Waals surface area contributed by atoms with Crippen LogP contribution in [0.25, 0.3) is 99.5 Å². The average molecular weight is 1830 g/mol. The van der Waals surface area contributed by atoms with Crippen molar-refractivity contribution in [1.82, 2.24) is 9.13 Å². The van der Waals surface area contributed by atoms with Crippen molar-refractivity contribution in [2.45, 2.75) is 299 Å². The summed E-state index contributed by atoms with van der Waals surface area (Å²) in [6.45, 7) is 75.3. The van der Waals surface area contributed by atoms with Gasteiger partial charge in [-0.05, 0) is 350 Å². The van der Waals surface area contributed by atoms with Crippen molar-refractivity contribution in [1.29, 1.82) is 0 Å². The number of rotatable bonds is 19. The molecule has 15 aromatic rings. The average Bonchev–Trinajstić information content (AvgIpc) is 0.774. The Morgan fingerprint density at radius 1 is 0.210 bits per heavy atom. The number of benzene rings is 13. The number of nitrogens with zero attached hydrogens (tertiary/aromatic N) is 4. The molecule has 0 saturated heterocycles. The largest absolute Gasteiger partial charge is 0.311 e. The first-order valence-electron chi connectivity index (χ1n) is 53.6. The number of fused-ring (bicyclic) bond motifs is 10. The lowest BCUT2D eigenvalue weighted by atomic mass is 9.33. The summed E-state index contributed by atoms with van der Waals surface area (Å²) in [6, 6.07) is 95.4. The van der Waals surface area contributed by atoms with Crippen LogP contribution >= 0.6 is 0 Å². The molecule has 0 radical (unpaired) electrons. The predicted molar refractivity (Wildman–Crippen MR) is 606 cm³/mol. The second kappa shape index (κ2) is 35.7. The highest BCUT2D eigenvalue weighted by molar-refractivity contribution is 7.00. The van der Waals surface area contributed by atoms with Crippen molar-refractivity contribution >= 4 is 101 Å². The van der Waals surface area contributed by atoms with Crippen molar-refractivity contribution in [2.24, 2.45) is 59.6 Å². The molecular formula is C133H161BN4. The maximum Gasteiger partial charge on any atom is 0.252 e. The number of aromatic nitrogens is 2. The summed E-state index contributed by atoms with van der Waals surface area (Å²) in [5.41, 5.74) is 34.3. The maximum absolute atomic E-state index is 11.0. The van der Waals surface area contributed by atoms with Crippen LogP contribution in [0.1, 0.15) is 295 Å². The summed E-state index contributed by atoms with van der Waals surface area (Å²) in [6.07, 6.45) is 4.02. The first-order valence-corrected chi connectivity index (χ1v) is 51.6. The molecule has 17 rings (SSSR count). The predicted octanol–water partition coefficient (Wildman–Crippen LogP) is 36.1. The monoisotopic (exact) mass is 1830 g/mol. The van der Waals surface area contributed by atoms with Crippen molar-refractivity contribution in [3.05, 3.63) is 304 Å². The molecular weight excluding hydrogens is 1660 g/mol. The van der Waals surface area contributed by atoms with Gasteiger partial charge in [0.2, 0.25) is 0 Å². The Bertz CT molecular complexity index is 6830. The highest BCUT2D eigenvalue weighted by Gasteiger charge is 2.46. The summed E-state index contributed by atoms with van der Waals surface area (Å²) >= 11 is 0. The van der Waals surface area contributed by atoms with E-state index in [4.69, 9.17) is 0 Å². The smallest absolute Gasteiger partial charge is 0.252 e. The summed E-state index contributed by atoms with van der Waals surface area (Å²) in [5, 5.41) is 4.96. The van der Waals surface area contributed by atoms with Crippen LogP contribution in [0.4, 0.5) is 34.1 Å². The molecule has 0 unspecified atom stereocenters. The van der Waals surface area contributed by atoms with Crippen molar-refractivity contribution in [3.8, 4) is 55.9 Å². The zero-order valence-electron chi connectivity index (χ0n) is 94.3. The SMILES string of the molecule is [2H]C([2H])(c1cc(-c2cccc(CC(C)(C)C)c2)c(N2c3cc(-n4c5ccc(CC(C)(C)C)cc5c5cc(CC(C)(C)C)ccc54)ccc3B3c4ccc(-n5c6ccc(CC(C)(C)C)cc6c6cc(CC(C)(C)C)ccc65)cc4N(c4cc(-c5cccc(CC(C)(C)C)c5)c(C([2H])([2H])C(C)(C)C)cc4-c4cccc(CC(C)(C)C)c4)c4cc(CC(C)(C)C)cc2c43)cc1-c1cccc(CC(C)(C)C)c1)C(C)(C)C. The van der Waals surface area contributed by atoms with E-state index in [2.05, 4.69) is 490 Å². The molecule has 0 spiro atoms. The third-order valence-electron chi connectivity index (χ3n) is 26.7. The van der Waals surface area contributed by atoms with Gasteiger partial charge in [0, 0.05) is 72.3 Å². The van der Waals surface area contributed by atoms with Crippen LogP contribution in [0.2, 0.25) is 0 Å². The molecule has 716 valence electrons. The normalized spacial score (nSPS) is 14.5. The van der Waals surface area contributed by atoms with Gasteiger partial charge in [-0.2, -0.15) is 0 Å². The third kappa shape index (κ3) is 22.3. The molecule has 0 N–H and O–H groups in total. The van der Waals surface area contributed by atoms with Gasteiger partial charge in [0.15, 0.2) is 0 Å². The first-order chi connectivity index (χ1) is 65.7. The van der Waals surface area contributed by atoms with Crippen LogP contribution in [0, 0.1) is 59.6 Å². The number of hydrogen-bond acceptors (Lipinski definition) is 2. The zero-order valence-corrected chi connectivity index (χ0v) is 90.3. The van der Waals surface area contributed by atoms with E-state index < -0.39 is 30.3 Å². The lowest BCUT2D eigenvalue weighted by molar-refractivity contribution is 0.410. The van der Waals surface area contributed by atoms with Gasteiger partial charge in [0.1, 0.15) is 0 Å². The Labute approximate surface area is 838 Å². The lowest BCUT2D eigenvalue weighted by Crippen LogP contribution is -2.61. The fourth-order valence-electron chi connectivity index (χ4n) is 22.6. The van der Waals surface area contributed by atoms with Crippen LogP contribution in [0.3, 0.4) is 0 Å². The second-order valence-corrected chi connectivity index (χ2v) is 54.7. The number of hydrogen-bond donors (Lipinski definition) is 0. The van der Waals surface area contributed by atoms with Gasteiger partial charge in [0.25, 0.3) is 6.71 Å². The minimum atomic E-state index is -1.87. The lowest BCUT2D eigenvalue weighted by Gasteiger charge is -2.46. The van der Waals surface area contributed by atoms with E-state index in [9.17, 15) is 5.48 Å². The van der Waals surface area contributed by atoms with E-state index in [0.29, 0.717) is 17.5 Å². The van der Waals surface area contributed by atoms with Crippen LogP contribution in [0.5, 0.6) is 0 Å². The molecule has 2 aliphatic heterocycles. The van der Waals surface area contributed by atoms with E-state index in [0.717, 1.165) is 180 Å². The Balaban J connectivity index is 1.10. The van der Waals surface area contributed by atoms with Gasteiger partial charge in [-0.15, -0.1) is 0 Å². The molecule has 13 aromatic carbocycles. The molecule has 0 saturated carbocycles. The maximum atomic E-state index is 11.0. The van der Waals surface area contributed by atoms with Gasteiger partial charge in [0.05, 0.1) is 33.4 Å². The second-order valence-electron chi connectivity index (χ2n) is 54.7. The van der Waals surface area contributed by atoms with E-state index >= 15 is 0 Å². The standard InChI is InChI=1S/C133H161BN4/c1-123(2,3)74-85-38-34-42-94(58-85)102-72-116(104(68-98(102)83-132(28,29)30)96-44-36-40-87(60-96)76-125(7,8)9)137-118-70-100(135-112-54-46-89(78-127(13,14)15)62-106(112)107-63-90(47-55-113(107)135)79-128(16,17)18)50-52-110(118)134-111-53-51-101(136-114-56-48-91(80-129(19,20)21)64-108(114)109-65-92(49-57-115(109)136)81-130(22,23)24)71-119(111)138(121-67-93(82-131(25,26)27)66-120(137)122(121)134)117-73-103(95-43-35-39-86(59-95)75-124(4,5)6)99(84-133(31,32)33)69-105(117)97-45-37-41-88(61-97)77-126(10,11)12/h34-73H,74-84H2,1-33H3/i83D2,84D2. The van der Waals surface area contributed by atoms with Crippen LogP contribution in [-0.4, -0.2) is 15.8 Å². The minimum absolute atomic E-state index is 0.0406. The van der Waals surface area contributed by atoms with Gasteiger partial charge in [-0.25, -0.2) is 0 Å². The molecule has 5 heteroatoms. The molecule has 2 aromatic heterocycles. The molecule has 0 amide bonds. The Hall–Kier alpha value is -10.9.